The topological polar surface area (TPSA) is 66.4 Å². The van der Waals surface area contributed by atoms with E-state index in [1.807, 2.05) is 36.4 Å². The van der Waals surface area contributed by atoms with Crippen molar-refractivity contribution in [1.82, 2.24) is 0 Å². The van der Waals surface area contributed by atoms with Gasteiger partial charge in [0.05, 0.1) is 11.3 Å². The molecule has 0 radical (unpaired) electrons. The fourth-order valence-corrected chi connectivity index (χ4v) is 2.52. The van der Waals surface area contributed by atoms with E-state index in [4.69, 9.17) is 5.11 Å². The summed E-state index contributed by atoms with van der Waals surface area (Å²) in [6.45, 7) is 1.75. The van der Waals surface area contributed by atoms with E-state index in [1.165, 1.54) is 11.8 Å². The summed E-state index contributed by atoms with van der Waals surface area (Å²) in [6.07, 6.45) is 0. The van der Waals surface area contributed by atoms with Crippen molar-refractivity contribution in [2.24, 2.45) is 0 Å². The van der Waals surface area contributed by atoms with E-state index < -0.39 is 5.97 Å². The van der Waals surface area contributed by atoms with E-state index in [1.54, 1.807) is 19.1 Å². The molecule has 21 heavy (non-hydrogen) atoms. The number of anilines is 1. The van der Waals surface area contributed by atoms with Gasteiger partial charge in [0.25, 0.3) is 0 Å². The van der Waals surface area contributed by atoms with Crippen LogP contribution in [0.15, 0.2) is 53.4 Å². The Morgan fingerprint density at radius 3 is 2.52 bits per heavy atom. The third-order valence-electron chi connectivity index (χ3n) is 2.87. The molecule has 0 aliphatic rings. The Bertz CT molecular complexity index is 656. The summed E-state index contributed by atoms with van der Waals surface area (Å²) in [5.74, 6) is -0.843. The van der Waals surface area contributed by atoms with E-state index in [0.29, 0.717) is 5.56 Å². The van der Waals surface area contributed by atoms with Crippen molar-refractivity contribution in [3.05, 3.63) is 59.7 Å². The highest BCUT2D eigenvalue weighted by Crippen LogP contribution is 2.22. The second-order valence-electron chi connectivity index (χ2n) is 4.48. The Balaban J connectivity index is 1.95. The van der Waals surface area contributed by atoms with E-state index in [9.17, 15) is 9.59 Å². The Morgan fingerprint density at radius 1 is 1.14 bits per heavy atom. The van der Waals surface area contributed by atoms with Crippen LogP contribution in [-0.2, 0) is 4.79 Å². The summed E-state index contributed by atoms with van der Waals surface area (Å²) >= 11 is 1.31. The monoisotopic (exact) mass is 301 g/mol. The van der Waals surface area contributed by atoms with Gasteiger partial charge in [0.2, 0.25) is 5.91 Å². The molecule has 2 aromatic rings. The number of carbonyl (C=O) groups excluding carboxylic acids is 1. The Kier molecular flexibility index (Phi) is 5.00. The third-order valence-corrected chi connectivity index (χ3v) is 3.86. The van der Waals surface area contributed by atoms with Crippen LogP contribution in [0.1, 0.15) is 15.9 Å². The van der Waals surface area contributed by atoms with Gasteiger partial charge in [-0.2, -0.15) is 0 Å². The smallest absolute Gasteiger partial charge is 0.335 e. The number of carboxylic acid groups (broad SMARTS) is 1. The number of hydrogen-bond acceptors (Lipinski definition) is 3. The number of aromatic carboxylic acids is 1. The molecule has 0 unspecified atom stereocenters. The van der Waals surface area contributed by atoms with Crippen LogP contribution in [0.3, 0.4) is 0 Å². The average molecular weight is 301 g/mol. The molecule has 0 aliphatic carbocycles. The van der Waals surface area contributed by atoms with Crippen LogP contribution in [0.5, 0.6) is 0 Å². The summed E-state index contributed by atoms with van der Waals surface area (Å²) in [6, 6.07) is 14.4. The van der Waals surface area contributed by atoms with Gasteiger partial charge < -0.3 is 10.4 Å². The fourth-order valence-electron chi connectivity index (χ4n) is 1.79. The van der Waals surface area contributed by atoms with Crippen LogP contribution < -0.4 is 5.32 Å². The van der Waals surface area contributed by atoms with Gasteiger partial charge >= 0.3 is 5.97 Å². The molecule has 5 heteroatoms. The van der Waals surface area contributed by atoms with Gasteiger partial charge in [-0.1, -0.05) is 24.3 Å². The number of para-hydroxylation sites is 1. The molecule has 2 aromatic carbocycles. The van der Waals surface area contributed by atoms with E-state index in [2.05, 4.69) is 5.32 Å². The first kappa shape index (κ1) is 15.1. The maximum Gasteiger partial charge on any atom is 0.335 e. The number of amides is 1. The lowest BCUT2D eigenvalue weighted by atomic mass is 10.1. The van der Waals surface area contributed by atoms with Crippen molar-refractivity contribution >= 4 is 29.3 Å². The molecule has 0 fully saturated rings. The molecule has 108 valence electrons. The molecule has 0 saturated carbocycles. The van der Waals surface area contributed by atoms with Crippen molar-refractivity contribution in [1.29, 1.82) is 0 Å². The zero-order valence-corrected chi connectivity index (χ0v) is 12.3. The minimum absolute atomic E-state index is 0.122. The molecule has 1 amide bonds. The third kappa shape index (κ3) is 4.36. The SMILES string of the molecule is Cc1ccc(SCC(=O)Nc2ccccc2)cc1C(=O)O. The highest BCUT2D eigenvalue weighted by Gasteiger charge is 2.09. The molecule has 0 atom stereocenters. The minimum atomic E-state index is -0.955. The van der Waals surface area contributed by atoms with Gasteiger partial charge in [-0.25, -0.2) is 4.79 Å². The molecule has 0 heterocycles. The van der Waals surface area contributed by atoms with Gasteiger partial charge in [-0.3, -0.25) is 4.79 Å². The number of carbonyl (C=O) groups is 2. The highest BCUT2D eigenvalue weighted by atomic mass is 32.2. The van der Waals surface area contributed by atoms with Gasteiger partial charge in [0.1, 0.15) is 0 Å². The zero-order chi connectivity index (χ0) is 15.2. The molecular formula is C16H15NO3S. The minimum Gasteiger partial charge on any atom is -0.478 e. The highest BCUT2D eigenvalue weighted by molar-refractivity contribution is 8.00. The maximum absolute atomic E-state index is 11.8. The van der Waals surface area contributed by atoms with Crippen LogP contribution in [0.2, 0.25) is 0 Å². The normalized spacial score (nSPS) is 10.1. The van der Waals surface area contributed by atoms with Gasteiger partial charge in [0.15, 0.2) is 0 Å². The molecule has 4 nitrogen and oxygen atoms in total. The number of hydrogen-bond donors (Lipinski definition) is 2. The lowest BCUT2D eigenvalue weighted by Crippen LogP contribution is -2.13. The van der Waals surface area contributed by atoms with Crippen LogP contribution in [0, 0.1) is 6.92 Å². The fraction of sp³-hybridized carbons (Fsp3) is 0.125. The summed E-state index contributed by atoms with van der Waals surface area (Å²) < 4.78 is 0. The number of aryl methyl sites for hydroxylation is 1. The molecule has 0 aliphatic heterocycles. The first-order valence-electron chi connectivity index (χ1n) is 6.38. The van der Waals surface area contributed by atoms with E-state index in [0.717, 1.165) is 10.6 Å². The number of thioether (sulfide) groups is 1. The van der Waals surface area contributed by atoms with E-state index in [-0.39, 0.29) is 17.2 Å². The van der Waals surface area contributed by atoms with Crippen LogP contribution in [0.4, 0.5) is 5.69 Å². The summed E-state index contributed by atoms with van der Waals surface area (Å²) in [5, 5.41) is 11.9. The number of rotatable bonds is 5. The molecular weight excluding hydrogens is 286 g/mol. The summed E-state index contributed by atoms with van der Waals surface area (Å²) in [5.41, 5.74) is 1.72. The van der Waals surface area contributed by atoms with Crippen LogP contribution >= 0.6 is 11.8 Å². The largest absolute Gasteiger partial charge is 0.478 e. The second kappa shape index (κ2) is 6.95. The van der Waals surface area contributed by atoms with Crippen LogP contribution in [-0.4, -0.2) is 22.7 Å². The average Bonchev–Trinajstić information content (AvgIpc) is 2.47. The Hall–Kier alpha value is -2.27. The summed E-state index contributed by atoms with van der Waals surface area (Å²) in [4.78, 5) is 23.7. The van der Waals surface area contributed by atoms with Crippen molar-refractivity contribution in [3.63, 3.8) is 0 Å². The Morgan fingerprint density at radius 2 is 1.86 bits per heavy atom. The first-order valence-corrected chi connectivity index (χ1v) is 7.36. The quantitative estimate of drug-likeness (QED) is 0.830. The van der Waals surface area contributed by atoms with Gasteiger partial charge in [-0.15, -0.1) is 11.8 Å². The van der Waals surface area contributed by atoms with Crippen molar-refractivity contribution < 1.29 is 14.7 Å². The van der Waals surface area contributed by atoms with Crippen molar-refractivity contribution in [2.75, 3.05) is 11.1 Å². The first-order chi connectivity index (χ1) is 10.1. The summed E-state index contributed by atoms with van der Waals surface area (Å²) in [7, 11) is 0. The standard InChI is InChI=1S/C16H15NO3S/c1-11-7-8-13(9-14(11)16(19)20)21-10-15(18)17-12-5-3-2-4-6-12/h2-9H,10H2,1H3,(H,17,18)(H,19,20). The number of benzene rings is 2. The maximum atomic E-state index is 11.8. The van der Waals surface area contributed by atoms with Gasteiger partial charge in [0, 0.05) is 10.6 Å². The number of carboxylic acids is 1. The Labute approximate surface area is 127 Å². The van der Waals surface area contributed by atoms with Crippen molar-refractivity contribution in [2.45, 2.75) is 11.8 Å². The lowest BCUT2D eigenvalue weighted by Gasteiger charge is -2.06. The second-order valence-corrected chi connectivity index (χ2v) is 5.53. The zero-order valence-electron chi connectivity index (χ0n) is 11.5. The molecule has 0 aromatic heterocycles. The lowest BCUT2D eigenvalue weighted by molar-refractivity contribution is -0.113. The molecule has 0 saturated heterocycles. The molecule has 2 N–H and O–H groups in total. The predicted octanol–water partition coefficient (Wildman–Crippen LogP) is 3.42. The van der Waals surface area contributed by atoms with Gasteiger partial charge in [-0.05, 0) is 36.8 Å². The molecule has 0 bridgehead atoms. The molecule has 2 rings (SSSR count). The van der Waals surface area contributed by atoms with Crippen molar-refractivity contribution in [3.8, 4) is 0 Å². The molecule has 0 spiro atoms. The number of nitrogens with one attached hydrogen (secondary N) is 1. The van der Waals surface area contributed by atoms with E-state index >= 15 is 0 Å². The predicted molar refractivity (Wildman–Crippen MR) is 83.9 cm³/mol. The van der Waals surface area contributed by atoms with Crippen LogP contribution in [0.25, 0.3) is 0 Å².